The van der Waals surface area contributed by atoms with Gasteiger partial charge in [0.1, 0.15) is 16.1 Å². The summed E-state index contributed by atoms with van der Waals surface area (Å²) in [6.07, 6.45) is 2.76. The van der Waals surface area contributed by atoms with Crippen LogP contribution < -0.4 is 0 Å². The molecule has 0 spiro atoms. The predicted octanol–water partition coefficient (Wildman–Crippen LogP) is 0.956. The molecule has 0 N–H and O–H groups in total. The molecule has 0 bridgehead atoms. The van der Waals surface area contributed by atoms with E-state index in [1.54, 1.807) is 0 Å². The van der Waals surface area contributed by atoms with Crippen LogP contribution in [0.1, 0.15) is 19.3 Å². The lowest BCUT2D eigenvalue weighted by Crippen LogP contribution is -2.23. The molecule has 1 heterocycles. The predicted molar refractivity (Wildman–Crippen MR) is 51.2 cm³/mol. The molecule has 3 nitrogen and oxygen atoms in total. The number of carbonyl (C=O) groups excluding carboxylic acids is 1. The maximum atomic E-state index is 11.1. The molecule has 0 aromatic carbocycles. The third-order valence-corrected chi connectivity index (χ3v) is 4.11. The molecule has 4 heteroatoms. The zero-order valence-corrected chi connectivity index (χ0v) is 8.35. The minimum absolute atomic E-state index is 0.268. The number of aldehydes is 1. The van der Waals surface area contributed by atoms with Crippen molar-refractivity contribution in [1.29, 1.82) is 0 Å². The second kappa shape index (κ2) is 4.05. The van der Waals surface area contributed by atoms with Crippen LogP contribution in [0, 0.1) is 5.92 Å². The highest BCUT2D eigenvalue weighted by atomic mass is 32.2. The molecule has 1 fully saturated rings. The molecule has 0 aliphatic carbocycles. The number of allylic oxidation sites excluding steroid dienone is 1. The van der Waals surface area contributed by atoms with E-state index in [4.69, 9.17) is 0 Å². The van der Waals surface area contributed by atoms with Gasteiger partial charge in [0.2, 0.25) is 0 Å². The molecule has 0 saturated carbocycles. The molecular weight excluding hydrogens is 188 g/mol. The first-order valence-electron chi connectivity index (χ1n) is 4.37. The van der Waals surface area contributed by atoms with Gasteiger partial charge in [0, 0.05) is 0 Å². The Morgan fingerprint density at radius 3 is 2.38 bits per heavy atom. The Bertz CT molecular complexity index is 289. The van der Waals surface area contributed by atoms with Crippen molar-refractivity contribution in [2.24, 2.45) is 5.92 Å². The molecule has 0 amide bonds. The Balaban J connectivity index is 2.42. The Kier molecular flexibility index (Phi) is 3.25. The fourth-order valence-electron chi connectivity index (χ4n) is 1.56. The van der Waals surface area contributed by atoms with E-state index in [-0.39, 0.29) is 11.5 Å². The van der Waals surface area contributed by atoms with Crippen molar-refractivity contribution in [1.82, 2.24) is 0 Å². The van der Waals surface area contributed by atoms with Gasteiger partial charge in [-0.25, -0.2) is 8.42 Å². The molecule has 0 radical (unpaired) electrons. The summed E-state index contributed by atoms with van der Waals surface area (Å²) in [6, 6.07) is 0. The van der Waals surface area contributed by atoms with Gasteiger partial charge < -0.3 is 0 Å². The molecule has 1 aliphatic rings. The maximum Gasteiger partial charge on any atom is 0.150 e. The highest BCUT2D eigenvalue weighted by Crippen LogP contribution is 2.23. The minimum Gasteiger partial charge on any atom is -0.298 e. The van der Waals surface area contributed by atoms with Gasteiger partial charge in [-0.15, -0.1) is 0 Å². The summed E-state index contributed by atoms with van der Waals surface area (Å²) in [5, 5.41) is 0. The smallest absolute Gasteiger partial charge is 0.150 e. The third kappa shape index (κ3) is 3.30. The fourth-order valence-corrected chi connectivity index (χ4v) is 3.15. The molecule has 0 aromatic rings. The molecule has 1 aliphatic heterocycles. The molecule has 0 aromatic heterocycles. The van der Waals surface area contributed by atoms with Crippen LogP contribution >= 0.6 is 0 Å². The van der Waals surface area contributed by atoms with Gasteiger partial charge in [0.25, 0.3) is 0 Å². The molecule has 1 saturated heterocycles. The van der Waals surface area contributed by atoms with Crippen molar-refractivity contribution >= 4 is 16.1 Å². The Morgan fingerprint density at radius 2 is 1.92 bits per heavy atom. The largest absolute Gasteiger partial charge is 0.298 e. The van der Waals surface area contributed by atoms with Crippen molar-refractivity contribution in [3.05, 3.63) is 12.2 Å². The first-order chi connectivity index (χ1) is 6.03. The zero-order chi connectivity index (χ0) is 9.90. The van der Waals surface area contributed by atoms with Crippen molar-refractivity contribution in [3.8, 4) is 0 Å². The Morgan fingerprint density at radius 1 is 1.38 bits per heavy atom. The molecule has 1 rings (SSSR count). The van der Waals surface area contributed by atoms with E-state index < -0.39 is 9.84 Å². The molecule has 0 atom stereocenters. The Labute approximate surface area is 78.8 Å². The van der Waals surface area contributed by atoms with Gasteiger partial charge in [-0.3, -0.25) is 4.79 Å². The van der Waals surface area contributed by atoms with Crippen molar-refractivity contribution < 1.29 is 13.2 Å². The van der Waals surface area contributed by atoms with Crippen LogP contribution in [0.25, 0.3) is 0 Å². The van der Waals surface area contributed by atoms with E-state index in [0.29, 0.717) is 30.8 Å². The van der Waals surface area contributed by atoms with Gasteiger partial charge in [-0.1, -0.05) is 6.58 Å². The first-order valence-corrected chi connectivity index (χ1v) is 6.19. The van der Waals surface area contributed by atoms with E-state index in [0.717, 1.165) is 6.29 Å². The lowest BCUT2D eigenvalue weighted by molar-refractivity contribution is -0.105. The number of hydrogen-bond donors (Lipinski definition) is 0. The second-order valence-corrected chi connectivity index (χ2v) is 5.88. The monoisotopic (exact) mass is 202 g/mol. The van der Waals surface area contributed by atoms with E-state index in [9.17, 15) is 13.2 Å². The number of rotatable bonds is 3. The van der Waals surface area contributed by atoms with Gasteiger partial charge in [-0.05, 0) is 30.8 Å². The normalized spacial score (nSPS) is 22.5. The summed E-state index contributed by atoms with van der Waals surface area (Å²) in [5.74, 6) is 0.870. The highest BCUT2D eigenvalue weighted by Gasteiger charge is 2.23. The van der Waals surface area contributed by atoms with Gasteiger partial charge in [0.05, 0.1) is 11.5 Å². The fraction of sp³-hybridized carbons (Fsp3) is 0.667. The average Bonchev–Trinajstić information content (AvgIpc) is 2.08. The summed E-state index contributed by atoms with van der Waals surface area (Å²) in [7, 11) is -2.78. The van der Waals surface area contributed by atoms with Crippen molar-refractivity contribution in [2.45, 2.75) is 19.3 Å². The minimum atomic E-state index is -2.78. The number of carbonyl (C=O) groups is 1. The van der Waals surface area contributed by atoms with Gasteiger partial charge in [0.15, 0.2) is 0 Å². The lowest BCUT2D eigenvalue weighted by Gasteiger charge is -2.21. The van der Waals surface area contributed by atoms with Crippen LogP contribution in [0.15, 0.2) is 12.2 Å². The molecule has 74 valence electrons. The summed E-state index contributed by atoms with van der Waals surface area (Å²) < 4.78 is 22.1. The second-order valence-electron chi connectivity index (χ2n) is 3.58. The molecule has 13 heavy (non-hydrogen) atoms. The summed E-state index contributed by atoms with van der Waals surface area (Å²) in [5.41, 5.74) is 0.573. The SMILES string of the molecule is C=C(C=O)CC1CCS(=O)(=O)CC1. The van der Waals surface area contributed by atoms with Crippen molar-refractivity contribution in [2.75, 3.05) is 11.5 Å². The summed E-state index contributed by atoms with van der Waals surface area (Å²) in [6.45, 7) is 3.59. The third-order valence-electron chi connectivity index (χ3n) is 2.39. The number of hydrogen-bond acceptors (Lipinski definition) is 3. The lowest BCUT2D eigenvalue weighted by atomic mass is 9.95. The van der Waals surface area contributed by atoms with E-state index >= 15 is 0 Å². The quantitative estimate of drug-likeness (QED) is 0.506. The summed E-state index contributed by atoms with van der Waals surface area (Å²) >= 11 is 0. The average molecular weight is 202 g/mol. The van der Waals surface area contributed by atoms with Crippen LogP contribution in [0.5, 0.6) is 0 Å². The van der Waals surface area contributed by atoms with E-state index in [1.807, 2.05) is 0 Å². The first kappa shape index (κ1) is 10.4. The van der Waals surface area contributed by atoms with Crippen LogP contribution in [-0.4, -0.2) is 26.2 Å². The maximum absolute atomic E-state index is 11.1. The van der Waals surface area contributed by atoms with E-state index in [2.05, 4.69) is 6.58 Å². The number of sulfone groups is 1. The van der Waals surface area contributed by atoms with Crippen LogP contribution in [-0.2, 0) is 14.6 Å². The van der Waals surface area contributed by atoms with Crippen LogP contribution in [0.3, 0.4) is 0 Å². The molecular formula is C9H14O3S. The molecule has 0 unspecified atom stereocenters. The van der Waals surface area contributed by atoms with Crippen LogP contribution in [0.2, 0.25) is 0 Å². The zero-order valence-electron chi connectivity index (χ0n) is 7.53. The standard InChI is InChI=1S/C9H14O3S/c1-8(7-10)6-9-2-4-13(11,12)5-3-9/h7,9H,1-6H2. The summed E-state index contributed by atoms with van der Waals surface area (Å²) in [4.78, 5) is 10.3. The van der Waals surface area contributed by atoms with Gasteiger partial charge in [-0.2, -0.15) is 0 Å². The Hall–Kier alpha value is -0.640. The van der Waals surface area contributed by atoms with Gasteiger partial charge >= 0.3 is 0 Å². The van der Waals surface area contributed by atoms with Crippen LogP contribution in [0.4, 0.5) is 0 Å². The van der Waals surface area contributed by atoms with Crippen molar-refractivity contribution in [3.63, 3.8) is 0 Å². The van der Waals surface area contributed by atoms with E-state index in [1.165, 1.54) is 0 Å². The highest BCUT2D eigenvalue weighted by molar-refractivity contribution is 7.91. The topological polar surface area (TPSA) is 51.2 Å².